The van der Waals surface area contributed by atoms with Crippen LogP contribution < -0.4 is 19.6 Å². The number of carbonyl (C=O) groups is 1. The Labute approximate surface area is 268 Å². The number of amides is 2. The standard InChI is InChI=1S/C33H33F3N6O3S/c1-21(2)28-16-15-27(44-4)18-29(28)42-22(3)19-46-32(42)39-31(43)37-17-5-6-23-7-9-24(10-8-23)30-38-20-41(40-30)25-11-13-26(14-12-25)45-33(34,35)36/h7-16,18-21H,5-6,17H2,1-4H3,(H,37,43)/b39-32-. The number of benzene rings is 3. The van der Waals surface area contributed by atoms with E-state index in [4.69, 9.17) is 4.74 Å². The normalized spacial score (nSPS) is 12.0. The quantitative estimate of drug-likeness (QED) is 0.159. The molecule has 0 fully saturated rings. The van der Waals surface area contributed by atoms with Gasteiger partial charge in [0.05, 0.1) is 18.5 Å². The maximum Gasteiger partial charge on any atom is 0.573 e. The summed E-state index contributed by atoms with van der Waals surface area (Å²) in [4.78, 5) is 22.0. The highest BCUT2D eigenvalue weighted by molar-refractivity contribution is 7.07. The number of halogens is 3. The molecule has 2 aromatic heterocycles. The fraction of sp³-hybridized carbons (Fsp3) is 0.273. The van der Waals surface area contributed by atoms with E-state index in [2.05, 4.69) is 39.0 Å². The van der Waals surface area contributed by atoms with Gasteiger partial charge in [0.25, 0.3) is 0 Å². The van der Waals surface area contributed by atoms with Gasteiger partial charge >= 0.3 is 12.4 Å². The van der Waals surface area contributed by atoms with Gasteiger partial charge in [-0.25, -0.2) is 14.5 Å². The summed E-state index contributed by atoms with van der Waals surface area (Å²) in [7, 11) is 1.63. The number of rotatable bonds is 10. The van der Waals surface area contributed by atoms with Crippen molar-refractivity contribution in [3.63, 3.8) is 0 Å². The highest BCUT2D eigenvalue weighted by atomic mass is 32.1. The van der Waals surface area contributed by atoms with Crippen LogP contribution in [0.3, 0.4) is 0 Å². The highest BCUT2D eigenvalue weighted by Crippen LogP contribution is 2.28. The number of hydrogen-bond donors (Lipinski definition) is 1. The van der Waals surface area contributed by atoms with E-state index in [0.717, 1.165) is 46.7 Å². The molecule has 5 aromatic rings. The zero-order valence-corrected chi connectivity index (χ0v) is 26.5. The van der Waals surface area contributed by atoms with Crippen molar-refractivity contribution in [3.05, 3.63) is 100 Å². The molecule has 0 unspecified atom stereocenters. The largest absolute Gasteiger partial charge is 0.573 e. The zero-order chi connectivity index (χ0) is 32.8. The maximum atomic E-state index is 12.8. The Morgan fingerprint density at radius 1 is 1.04 bits per heavy atom. The summed E-state index contributed by atoms with van der Waals surface area (Å²) in [5.74, 6) is 1.18. The van der Waals surface area contributed by atoms with Crippen LogP contribution in [0.15, 0.2) is 83.4 Å². The summed E-state index contributed by atoms with van der Waals surface area (Å²) in [6, 6.07) is 18.7. The van der Waals surface area contributed by atoms with Crippen molar-refractivity contribution in [1.29, 1.82) is 0 Å². The van der Waals surface area contributed by atoms with Gasteiger partial charge in [-0.15, -0.1) is 29.6 Å². The first-order chi connectivity index (χ1) is 22.0. The third-order valence-corrected chi connectivity index (χ3v) is 8.08. The Kier molecular flexibility index (Phi) is 9.90. The molecule has 0 atom stereocenters. The molecular weight excluding hydrogens is 617 g/mol. The van der Waals surface area contributed by atoms with Crippen LogP contribution in [0.25, 0.3) is 22.8 Å². The monoisotopic (exact) mass is 650 g/mol. The molecule has 9 nitrogen and oxygen atoms in total. The Hall–Kier alpha value is -4.91. The molecule has 2 amide bonds. The van der Waals surface area contributed by atoms with E-state index in [1.807, 2.05) is 59.3 Å². The molecule has 0 saturated carbocycles. The predicted molar refractivity (Wildman–Crippen MR) is 170 cm³/mol. The molecule has 240 valence electrons. The lowest BCUT2D eigenvalue weighted by molar-refractivity contribution is -0.274. The van der Waals surface area contributed by atoms with Crippen LogP contribution in [0, 0.1) is 6.92 Å². The summed E-state index contributed by atoms with van der Waals surface area (Å²) < 4.78 is 50.1. The van der Waals surface area contributed by atoms with E-state index in [1.165, 1.54) is 46.6 Å². The molecule has 5 rings (SSSR count). The summed E-state index contributed by atoms with van der Waals surface area (Å²) in [5.41, 5.74) is 5.48. The second kappa shape index (κ2) is 14.0. The first-order valence-corrected chi connectivity index (χ1v) is 15.4. The second-order valence-electron chi connectivity index (χ2n) is 10.8. The fourth-order valence-corrected chi connectivity index (χ4v) is 5.72. The van der Waals surface area contributed by atoms with Crippen LogP contribution in [0.1, 0.15) is 43.0 Å². The van der Waals surface area contributed by atoms with Crippen molar-refractivity contribution in [2.75, 3.05) is 13.7 Å². The first-order valence-electron chi connectivity index (χ1n) is 14.6. The van der Waals surface area contributed by atoms with E-state index in [9.17, 15) is 18.0 Å². The minimum Gasteiger partial charge on any atom is -0.497 e. The minimum atomic E-state index is -4.75. The maximum absolute atomic E-state index is 12.8. The third kappa shape index (κ3) is 8.02. The van der Waals surface area contributed by atoms with E-state index in [1.54, 1.807) is 7.11 Å². The van der Waals surface area contributed by atoms with Crippen molar-refractivity contribution in [3.8, 4) is 34.3 Å². The van der Waals surface area contributed by atoms with Gasteiger partial charge in [0.1, 0.15) is 17.8 Å². The summed E-state index contributed by atoms with van der Waals surface area (Å²) in [6.45, 7) is 6.70. The lowest BCUT2D eigenvalue weighted by atomic mass is 10.0. The van der Waals surface area contributed by atoms with Gasteiger partial charge < -0.3 is 14.8 Å². The van der Waals surface area contributed by atoms with Gasteiger partial charge in [0.2, 0.25) is 0 Å². The molecular formula is C33H33F3N6O3S. The molecule has 0 aliphatic heterocycles. The lowest BCUT2D eigenvalue weighted by Crippen LogP contribution is -2.26. The van der Waals surface area contributed by atoms with Gasteiger partial charge in [-0.3, -0.25) is 4.57 Å². The Morgan fingerprint density at radius 3 is 2.43 bits per heavy atom. The summed E-state index contributed by atoms with van der Waals surface area (Å²) in [6.07, 6.45) is -1.79. The topological polar surface area (TPSA) is 95.6 Å². The number of hydrogen-bond acceptors (Lipinski definition) is 6. The summed E-state index contributed by atoms with van der Waals surface area (Å²) in [5, 5.41) is 9.32. The number of nitrogens with zero attached hydrogens (tertiary/aromatic N) is 5. The number of thiazole rings is 1. The minimum absolute atomic E-state index is 0.272. The SMILES string of the molecule is COc1ccc(C(C)C)c(-n2c(C)cs/c2=N\C(=O)NCCCc2ccc(-c3ncn(-c4ccc(OC(F)(F)F)cc4)n3)cc2)c1. The van der Waals surface area contributed by atoms with Crippen LogP contribution >= 0.6 is 11.3 Å². The molecule has 3 aromatic carbocycles. The van der Waals surface area contributed by atoms with E-state index in [-0.39, 0.29) is 11.7 Å². The fourth-order valence-electron chi connectivity index (χ4n) is 4.85. The number of alkyl halides is 3. The van der Waals surface area contributed by atoms with Gasteiger partial charge in [0.15, 0.2) is 10.6 Å². The lowest BCUT2D eigenvalue weighted by Gasteiger charge is -2.16. The molecule has 0 spiro atoms. The molecule has 2 heterocycles. The summed E-state index contributed by atoms with van der Waals surface area (Å²) >= 11 is 1.41. The highest BCUT2D eigenvalue weighted by Gasteiger charge is 2.31. The third-order valence-electron chi connectivity index (χ3n) is 7.13. The average Bonchev–Trinajstić information content (AvgIpc) is 3.66. The van der Waals surface area contributed by atoms with Crippen molar-refractivity contribution in [2.45, 2.75) is 45.9 Å². The molecule has 0 bridgehead atoms. The van der Waals surface area contributed by atoms with Crippen LogP contribution in [-0.4, -0.2) is 45.4 Å². The van der Waals surface area contributed by atoms with Crippen molar-refractivity contribution < 1.29 is 27.4 Å². The van der Waals surface area contributed by atoms with E-state index >= 15 is 0 Å². The number of nitrogens with one attached hydrogen (secondary N) is 1. The average molecular weight is 651 g/mol. The van der Waals surface area contributed by atoms with Crippen LogP contribution in [0.2, 0.25) is 0 Å². The van der Waals surface area contributed by atoms with Gasteiger partial charge in [-0.2, -0.15) is 4.99 Å². The Bertz CT molecular complexity index is 1860. The number of carbonyl (C=O) groups excluding carboxylic acids is 1. The van der Waals surface area contributed by atoms with Gasteiger partial charge in [0, 0.05) is 29.2 Å². The molecule has 46 heavy (non-hydrogen) atoms. The molecule has 0 aliphatic rings. The smallest absolute Gasteiger partial charge is 0.497 e. The number of aryl methyl sites for hydroxylation is 2. The molecule has 0 aliphatic carbocycles. The Morgan fingerprint density at radius 2 is 1.76 bits per heavy atom. The van der Waals surface area contributed by atoms with Crippen LogP contribution in [-0.2, 0) is 6.42 Å². The van der Waals surface area contributed by atoms with Gasteiger partial charge in [-0.05, 0) is 67.1 Å². The second-order valence-corrected chi connectivity index (χ2v) is 11.6. The van der Waals surface area contributed by atoms with Crippen molar-refractivity contribution in [2.24, 2.45) is 4.99 Å². The first kappa shape index (κ1) is 32.5. The number of urea groups is 1. The number of aromatic nitrogens is 4. The number of ether oxygens (including phenoxy) is 2. The molecule has 0 radical (unpaired) electrons. The van der Waals surface area contributed by atoms with E-state index < -0.39 is 12.4 Å². The van der Waals surface area contributed by atoms with Gasteiger partial charge in [-0.1, -0.05) is 44.2 Å². The number of methoxy groups -OCH3 is 1. The molecule has 0 saturated heterocycles. The Balaban J connectivity index is 1.16. The predicted octanol–water partition coefficient (Wildman–Crippen LogP) is 7.37. The zero-order valence-electron chi connectivity index (χ0n) is 25.7. The van der Waals surface area contributed by atoms with Crippen molar-refractivity contribution in [1.82, 2.24) is 24.6 Å². The van der Waals surface area contributed by atoms with Crippen LogP contribution in [0.5, 0.6) is 11.5 Å². The van der Waals surface area contributed by atoms with Crippen LogP contribution in [0.4, 0.5) is 18.0 Å². The molecule has 1 N–H and O–H groups in total. The van der Waals surface area contributed by atoms with Crippen molar-refractivity contribution >= 4 is 17.4 Å². The van der Waals surface area contributed by atoms with E-state index in [0.29, 0.717) is 22.9 Å². The molecule has 13 heteroatoms.